The zero-order valence-electron chi connectivity index (χ0n) is 17.4. The number of esters is 1. The first-order valence-electron chi connectivity index (χ1n) is 9.84. The van der Waals surface area contributed by atoms with Gasteiger partial charge in [0.05, 0.1) is 27.2 Å². The molecule has 4 rings (SSSR count). The molecule has 9 nitrogen and oxygen atoms in total. The summed E-state index contributed by atoms with van der Waals surface area (Å²) < 4.78 is 7.25. The summed E-state index contributed by atoms with van der Waals surface area (Å²) in [6, 6.07) is 13.8. The molecule has 1 atom stereocenters. The lowest BCUT2D eigenvalue weighted by Crippen LogP contribution is -2.35. The molecule has 32 heavy (non-hydrogen) atoms. The first-order chi connectivity index (χ1) is 15.3. The second-order valence-corrected chi connectivity index (χ2v) is 8.29. The molecule has 2 aromatic heterocycles. The van der Waals surface area contributed by atoms with Gasteiger partial charge in [-0.15, -0.1) is 11.3 Å². The van der Waals surface area contributed by atoms with Gasteiger partial charge in [-0.3, -0.25) is 23.9 Å². The Balaban J connectivity index is 1.42. The molecule has 1 amide bonds. The molecular weight excluding hydrogens is 432 g/mol. The van der Waals surface area contributed by atoms with Crippen LogP contribution in [-0.2, 0) is 20.9 Å². The van der Waals surface area contributed by atoms with Gasteiger partial charge in [0.2, 0.25) is 0 Å². The van der Waals surface area contributed by atoms with Crippen LogP contribution in [0.2, 0.25) is 0 Å². The third kappa shape index (κ3) is 4.17. The second kappa shape index (κ2) is 8.75. The molecule has 164 valence electrons. The van der Waals surface area contributed by atoms with Crippen molar-refractivity contribution >= 4 is 44.3 Å². The van der Waals surface area contributed by atoms with Crippen LogP contribution in [0.15, 0.2) is 58.1 Å². The largest absolute Gasteiger partial charge is 0.454 e. The van der Waals surface area contributed by atoms with E-state index in [-0.39, 0.29) is 11.4 Å². The summed E-state index contributed by atoms with van der Waals surface area (Å²) in [5.74, 6) is -1.16. The van der Waals surface area contributed by atoms with E-state index in [9.17, 15) is 19.2 Å². The molecule has 2 heterocycles. The number of carbonyl (C=O) groups excluding carboxylic acids is 2. The number of hydrogen-bond donors (Lipinski definition) is 1. The Morgan fingerprint density at radius 2 is 1.88 bits per heavy atom. The summed E-state index contributed by atoms with van der Waals surface area (Å²) in [6.07, 6.45) is 0. The first-order valence-corrected chi connectivity index (χ1v) is 10.7. The first kappa shape index (κ1) is 21.4. The van der Waals surface area contributed by atoms with Gasteiger partial charge < -0.3 is 9.64 Å². The average Bonchev–Trinajstić information content (AvgIpc) is 3.23. The van der Waals surface area contributed by atoms with Gasteiger partial charge in [0.15, 0.2) is 6.61 Å². The van der Waals surface area contributed by atoms with Crippen LogP contribution in [0.25, 0.3) is 21.1 Å². The number of fused-ring (bicyclic) bond motifs is 2. The van der Waals surface area contributed by atoms with Crippen LogP contribution in [-0.4, -0.2) is 45.0 Å². The normalized spacial score (nSPS) is 12.1. The lowest BCUT2D eigenvalue weighted by atomic mass is 10.2. The molecule has 0 saturated carbocycles. The number of likely N-dealkylation sites (N-methyl/N-ethyl adjacent to an activating group) is 1. The van der Waals surface area contributed by atoms with Crippen molar-refractivity contribution in [2.45, 2.75) is 19.5 Å². The van der Waals surface area contributed by atoms with Gasteiger partial charge in [0.1, 0.15) is 11.6 Å². The zero-order valence-corrected chi connectivity index (χ0v) is 18.2. The van der Waals surface area contributed by atoms with Crippen LogP contribution in [0.5, 0.6) is 0 Å². The number of carbonyl (C=O) groups is 2. The van der Waals surface area contributed by atoms with E-state index in [1.165, 1.54) is 16.2 Å². The van der Waals surface area contributed by atoms with Crippen molar-refractivity contribution in [1.29, 1.82) is 0 Å². The minimum atomic E-state index is -0.765. The van der Waals surface area contributed by atoms with Crippen molar-refractivity contribution in [1.82, 2.24) is 19.4 Å². The Hall–Kier alpha value is -3.79. The molecule has 0 bridgehead atoms. The summed E-state index contributed by atoms with van der Waals surface area (Å²) in [7, 11) is 1.62. The van der Waals surface area contributed by atoms with Crippen LogP contribution < -0.4 is 11.2 Å². The van der Waals surface area contributed by atoms with Gasteiger partial charge in [-0.25, -0.2) is 9.78 Å². The van der Waals surface area contributed by atoms with Crippen LogP contribution in [0.4, 0.5) is 0 Å². The summed E-state index contributed by atoms with van der Waals surface area (Å²) in [5, 5.41) is 1.06. The standard InChI is InChI=1S/C22H20N4O5S/c1-13(21-23-15-8-4-6-10-17(15)32-21)25(2)18(27)12-31-19(28)11-26-16-9-5-3-7-14(16)20(29)24-22(26)30/h3-10,13H,11-12H2,1-2H3,(H,24,29,30). The number of amides is 1. The summed E-state index contributed by atoms with van der Waals surface area (Å²) in [5.41, 5.74) is -0.0780. The predicted molar refractivity (Wildman–Crippen MR) is 121 cm³/mol. The Morgan fingerprint density at radius 1 is 1.16 bits per heavy atom. The van der Waals surface area contributed by atoms with Crippen LogP contribution >= 0.6 is 11.3 Å². The molecule has 4 aromatic rings. The number of thiazole rings is 1. The van der Waals surface area contributed by atoms with Crippen molar-refractivity contribution in [3.63, 3.8) is 0 Å². The highest BCUT2D eigenvalue weighted by Gasteiger charge is 2.22. The molecule has 0 aliphatic rings. The van der Waals surface area contributed by atoms with E-state index in [2.05, 4.69) is 9.97 Å². The molecule has 0 saturated heterocycles. The SMILES string of the molecule is CC(c1nc2ccccc2s1)N(C)C(=O)COC(=O)Cn1c(=O)[nH]c(=O)c2ccccc21. The van der Waals surface area contributed by atoms with Crippen molar-refractivity contribution < 1.29 is 14.3 Å². The number of ether oxygens (including phenoxy) is 1. The van der Waals surface area contributed by atoms with Crippen molar-refractivity contribution in [3.05, 3.63) is 74.4 Å². The number of benzene rings is 2. The molecular formula is C22H20N4O5S. The van der Waals surface area contributed by atoms with Gasteiger partial charge in [-0.1, -0.05) is 24.3 Å². The fourth-order valence-electron chi connectivity index (χ4n) is 3.27. The van der Waals surface area contributed by atoms with Crippen molar-refractivity contribution in [2.24, 2.45) is 0 Å². The Kier molecular flexibility index (Phi) is 5.87. The molecule has 1 N–H and O–H groups in total. The van der Waals surface area contributed by atoms with Crippen LogP contribution in [0, 0.1) is 0 Å². The molecule has 0 spiro atoms. The number of aromatic amines is 1. The number of rotatable bonds is 6. The highest BCUT2D eigenvalue weighted by Crippen LogP contribution is 2.28. The smallest absolute Gasteiger partial charge is 0.329 e. The number of aromatic nitrogens is 3. The maximum Gasteiger partial charge on any atom is 0.329 e. The maximum atomic E-state index is 12.6. The van der Waals surface area contributed by atoms with Crippen molar-refractivity contribution in [3.8, 4) is 0 Å². The Bertz CT molecular complexity index is 1400. The van der Waals surface area contributed by atoms with Crippen LogP contribution in [0.3, 0.4) is 0 Å². The van der Waals surface area contributed by atoms with E-state index in [1.54, 1.807) is 31.3 Å². The fourth-order valence-corrected chi connectivity index (χ4v) is 4.33. The third-order valence-corrected chi connectivity index (χ3v) is 6.40. The average molecular weight is 452 g/mol. The second-order valence-electron chi connectivity index (χ2n) is 7.22. The topological polar surface area (TPSA) is 114 Å². The number of H-pyrrole nitrogens is 1. The van der Waals surface area contributed by atoms with E-state index in [0.717, 1.165) is 19.8 Å². The van der Waals surface area contributed by atoms with Gasteiger partial charge in [0.25, 0.3) is 11.5 Å². The van der Waals surface area contributed by atoms with Gasteiger partial charge in [-0.05, 0) is 31.2 Å². The van der Waals surface area contributed by atoms with E-state index in [1.807, 2.05) is 31.2 Å². The number of para-hydroxylation sites is 2. The predicted octanol–water partition coefficient (Wildman–Crippen LogP) is 2.06. The van der Waals surface area contributed by atoms with E-state index in [4.69, 9.17) is 4.74 Å². The zero-order chi connectivity index (χ0) is 22.8. The third-order valence-electron chi connectivity index (χ3n) is 5.19. The molecule has 0 radical (unpaired) electrons. The minimum Gasteiger partial charge on any atom is -0.454 e. The van der Waals surface area contributed by atoms with E-state index >= 15 is 0 Å². The van der Waals surface area contributed by atoms with E-state index < -0.39 is 36.3 Å². The summed E-state index contributed by atoms with van der Waals surface area (Å²) in [6.45, 7) is 0.949. The lowest BCUT2D eigenvalue weighted by Gasteiger charge is -2.23. The minimum absolute atomic E-state index is 0.278. The maximum absolute atomic E-state index is 12.6. The number of nitrogens with one attached hydrogen (secondary N) is 1. The van der Waals surface area contributed by atoms with Crippen molar-refractivity contribution in [2.75, 3.05) is 13.7 Å². The van der Waals surface area contributed by atoms with Crippen LogP contribution in [0.1, 0.15) is 18.0 Å². The molecule has 2 aromatic carbocycles. The van der Waals surface area contributed by atoms with Gasteiger partial charge in [-0.2, -0.15) is 0 Å². The lowest BCUT2D eigenvalue weighted by molar-refractivity contribution is -0.152. The quantitative estimate of drug-likeness (QED) is 0.448. The summed E-state index contributed by atoms with van der Waals surface area (Å²) >= 11 is 1.50. The highest BCUT2D eigenvalue weighted by atomic mass is 32.1. The Labute approximate surface area is 185 Å². The molecule has 0 aliphatic carbocycles. The molecule has 10 heteroatoms. The Morgan fingerprint density at radius 3 is 2.66 bits per heavy atom. The number of nitrogens with zero attached hydrogens (tertiary/aromatic N) is 3. The number of hydrogen-bond acceptors (Lipinski definition) is 7. The van der Waals surface area contributed by atoms with Gasteiger partial charge >= 0.3 is 11.7 Å². The molecule has 1 unspecified atom stereocenters. The summed E-state index contributed by atoms with van der Waals surface area (Å²) in [4.78, 5) is 57.2. The molecule has 0 fully saturated rings. The monoisotopic (exact) mass is 452 g/mol. The fraction of sp³-hybridized carbons (Fsp3) is 0.227. The van der Waals surface area contributed by atoms with Gasteiger partial charge in [0, 0.05) is 7.05 Å². The highest BCUT2D eigenvalue weighted by molar-refractivity contribution is 7.18. The van der Waals surface area contributed by atoms with E-state index in [0.29, 0.717) is 5.52 Å². The molecule has 0 aliphatic heterocycles.